The zero-order chi connectivity index (χ0) is 33.8. The van der Waals surface area contributed by atoms with Crippen LogP contribution in [0.3, 0.4) is 0 Å². The summed E-state index contributed by atoms with van der Waals surface area (Å²) in [5.74, 6) is 3.22. The van der Waals surface area contributed by atoms with E-state index in [0.717, 1.165) is 90.3 Å². The highest BCUT2D eigenvalue weighted by atomic mass is 16.5. The average Bonchev–Trinajstić information content (AvgIpc) is 3.21. The summed E-state index contributed by atoms with van der Waals surface area (Å²) in [6.07, 6.45) is 0. The molecule has 2 aliphatic rings. The molecule has 8 aromatic rings. The third-order valence-electron chi connectivity index (χ3n) is 10.0. The average molecular weight is 655 g/mol. The minimum atomic E-state index is -0.690. The van der Waals surface area contributed by atoms with Crippen molar-refractivity contribution in [2.45, 2.75) is 5.41 Å². The van der Waals surface area contributed by atoms with Crippen molar-refractivity contribution in [3.05, 3.63) is 204 Å². The Labute approximate surface area is 296 Å². The van der Waals surface area contributed by atoms with Crippen molar-refractivity contribution in [1.29, 1.82) is 0 Å². The van der Waals surface area contributed by atoms with E-state index in [1.54, 1.807) is 0 Å². The molecule has 0 aliphatic carbocycles. The van der Waals surface area contributed by atoms with E-state index in [1.807, 2.05) is 48.5 Å². The summed E-state index contributed by atoms with van der Waals surface area (Å²) in [4.78, 5) is 10.1. The monoisotopic (exact) mass is 654 g/mol. The van der Waals surface area contributed by atoms with E-state index >= 15 is 0 Å². The van der Waals surface area contributed by atoms with E-state index in [1.165, 1.54) is 0 Å². The molecule has 4 heteroatoms. The van der Waals surface area contributed by atoms with Crippen LogP contribution in [0.25, 0.3) is 45.0 Å². The fraction of sp³-hybridized carbons (Fsp3) is 0.0213. The van der Waals surface area contributed by atoms with Gasteiger partial charge in [-0.2, -0.15) is 0 Å². The highest BCUT2D eigenvalue weighted by Crippen LogP contribution is 2.61. The SMILES string of the molecule is c1ccc(-c2cccc(-c3ccc4c(c3)Oc3ccccc3C43c4ccccc4Oc4cc(-c5cccc(-c6ccccc6)n5)ccc43)n2)cc1. The Morgan fingerprint density at radius 1 is 0.294 bits per heavy atom. The largest absolute Gasteiger partial charge is 0.457 e. The third kappa shape index (κ3) is 4.68. The van der Waals surface area contributed by atoms with Crippen LogP contribution in [-0.4, -0.2) is 9.97 Å². The van der Waals surface area contributed by atoms with Crippen LogP contribution in [0.4, 0.5) is 0 Å². The molecule has 10 rings (SSSR count). The van der Waals surface area contributed by atoms with Crippen molar-refractivity contribution in [3.63, 3.8) is 0 Å². The summed E-state index contributed by atoms with van der Waals surface area (Å²) in [6, 6.07) is 62.7. The summed E-state index contributed by atoms with van der Waals surface area (Å²) in [6.45, 7) is 0. The molecular weight excluding hydrogens is 625 g/mol. The molecule has 0 bridgehead atoms. The van der Waals surface area contributed by atoms with E-state index in [-0.39, 0.29) is 0 Å². The van der Waals surface area contributed by atoms with Crippen LogP contribution in [0.2, 0.25) is 0 Å². The lowest BCUT2D eigenvalue weighted by molar-refractivity contribution is 0.399. The molecule has 4 heterocycles. The fourth-order valence-corrected chi connectivity index (χ4v) is 7.72. The van der Waals surface area contributed by atoms with Crippen molar-refractivity contribution in [2.75, 3.05) is 0 Å². The second-order valence-corrected chi connectivity index (χ2v) is 12.9. The molecule has 2 aromatic heterocycles. The van der Waals surface area contributed by atoms with Gasteiger partial charge in [0.25, 0.3) is 0 Å². The highest BCUT2D eigenvalue weighted by Gasteiger charge is 2.50. The Balaban J connectivity index is 1.16. The van der Waals surface area contributed by atoms with Crippen molar-refractivity contribution in [3.8, 4) is 68.0 Å². The van der Waals surface area contributed by atoms with E-state index in [9.17, 15) is 0 Å². The normalized spacial score (nSPS) is 13.2. The maximum Gasteiger partial charge on any atom is 0.132 e. The lowest BCUT2D eigenvalue weighted by Gasteiger charge is -2.45. The molecule has 240 valence electrons. The quantitative estimate of drug-likeness (QED) is 0.189. The maximum absolute atomic E-state index is 6.78. The van der Waals surface area contributed by atoms with Gasteiger partial charge in [-0.1, -0.05) is 133 Å². The van der Waals surface area contributed by atoms with E-state index < -0.39 is 5.41 Å². The van der Waals surface area contributed by atoms with Gasteiger partial charge in [-0.15, -0.1) is 0 Å². The minimum Gasteiger partial charge on any atom is -0.457 e. The van der Waals surface area contributed by atoms with Gasteiger partial charge in [0.05, 0.1) is 28.2 Å². The number of ether oxygens (including phenoxy) is 2. The van der Waals surface area contributed by atoms with Gasteiger partial charge < -0.3 is 9.47 Å². The Morgan fingerprint density at radius 3 is 1.12 bits per heavy atom. The standard InChI is InChI=1S/C47H30N2O2/c1-3-13-31(14-4-1)39-19-11-21-41(48-39)33-25-27-37-45(29-33)50-43-23-9-7-17-35(43)47(37)36-18-8-10-24-44(36)51-46-30-34(26-28-38(46)47)42-22-12-20-40(49-42)32-15-5-2-6-16-32/h1-30H. The second-order valence-electron chi connectivity index (χ2n) is 12.9. The molecule has 0 amide bonds. The van der Waals surface area contributed by atoms with Crippen LogP contribution in [0.1, 0.15) is 22.3 Å². The number of benzene rings is 6. The summed E-state index contributed by atoms with van der Waals surface area (Å²) < 4.78 is 13.6. The zero-order valence-corrected chi connectivity index (χ0v) is 27.5. The number of hydrogen-bond donors (Lipinski definition) is 0. The number of pyridine rings is 2. The van der Waals surface area contributed by atoms with Gasteiger partial charge in [0, 0.05) is 44.5 Å². The maximum atomic E-state index is 6.78. The lowest BCUT2D eigenvalue weighted by Crippen LogP contribution is -2.36. The molecule has 0 saturated heterocycles. The predicted molar refractivity (Wildman–Crippen MR) is 202 cm³/mol. The first-order valence-corrected chi connectivity index (χ1v) is 17.2. The summed E-state index contributed by atoms with van der Waals surface area (Å²) in [7, 11) is 0. The molecule has 0 saturated carbocycles. The van der Waals surface area contributed by atoms with Crippen molar-refractivity contribution in [1.82, 2.24) is 9.97 Å². The van der Waals surface area contributed by atoms with Crippen LogP contribution in [-0.2, 0) is 5.41 Å². The van der Waals surface area contributed by atoms with Crippen LogP contribution in [0.15, 0.2) is 182 Å². The van der Waals surface area contributed by atoms with Crippen LogP contribution >= 0.6 is 0 Å². The molecule has 2 aliphatic heterocycles. The minimum absolute atomic E-state index is 0.690. The number of fused-ring (bicyclic) bond motifs is 8. The molecular formula is C47H30N2O2. The lowest BCUT2D eigenvalue weighted by atomic mass is 9.62. The van der Waals surface area contributed by atoms with Crippen molar-refractivity contribution >= 4 is 0 Å². The van der Waals surface area contributed by atoms with E-state index in [4.69, 9.17) is 19.4 Å². The van der Waals surface area contributed by atoms with Crippen LogP contribution in [0.5, 0.6) is 23.0 Å². The van der Waals surface area contributed by atoms with Gasteiger partial charge >= 0.3 is 0 Å². The molecule has 4 nitrogen and oxygen atoms in total. The Kier molecular flexibility index (Phi) is 6.68. The highest BCUT2D eigenvalue weighted by molar-refractivity contribution is 5.79. The third-order valence-corrected chi connectivity index (χ3v) is 10.0. The first-order chi connectivity index (χ1) is 25.3. The number of aromatic nitrogens is 2. The summed E-state index contributed by atoms with van der Waals surface area (Å²) >= 11 is 0. The first kappa shape index (κ1) is 29.2. The molecule has 0 unspecified atom stereocenters. The Bertz CT molecular complexity index is 2420. The molecule has 6 aromatic carbocycles. The predicted octanol–water partition coefficient (Wildman–Crippen LogP) is 11.7. The number of hydrogen-bond acceptors (Lipinski definition) is 4. The van der Waals surface area contributed by atoms with Gasteiger partial charge in [0.1, 0.15) is 23.0 Å². The smallest absolute Gasteiger partial charge is 0.132 e. The van der Waals surface area contributed by atoms with Gasteiger partial charge in [-0.3, -0.25) is 0 Å². The molecule has 1 spiro atoms. The van der Waals surface area contributed by atoms with Gasteiger partial charge in [-0.05, 0) is 48.5 Å². The molecule has 0 radical (unpaired) electrons. The zero-order valence-electron chi connectivity index (χ0n) is 27.5. The van der Waals surface area contributed by atoms with Gasteiger partial charge in [0.15, 0.2) is 0 Å². The number of para-hydroxylation sites is 2. The molecule has 0 atom stereocenters. The van der Waals surface area contributed by atoms with Crippen molar-refractivity contribution in [2.24, 2.45) is 0 Å². The fourth-order valence-electron chi connectivity index (χ4n) is 7.72. The van der Waals surface area contributed by atoms with E-state index in [2.05, 4.69) is 133 Å². The number of rotatable bonds is 4. The second kappa shape index (κ2) is 11.7. The number of nitrogens with zero attached hydrogens (tertiary/aromatic N) is 2. The van der Waals surface area contributed by atoms with Crippen molar-refractivity contribution < 1.29 is 9.47 Å². The van der Waals surface area contributed by atoms with Crippen LogP contribution < -0.4 is 9.47 Å². The summed E-state index contributed by atoms with van der Waals surface area (Å²) in [5.41, 5.74) is 11.3. The van der Waals surface area contributed by atoms with Gasteiger partial charge in [0.2, 0.25) is 0 Å². The van der Waals surface area contributed by atoms with Gasteiger partial charge in [-0.25, -0.2) is 9.97 Å². The van der Waals surface area contributed by atoms with Crippen LogP contribution in [0, 0.1) is 0 Å². The molecule has 51 heavy (non-hydrogen) atoms. The Hall–Kier alpha value is -6.78. The van der Waals surface area contributed by atoms with E-state index in [0.29, 0.717) is 0 Å². The molecule has 0 N–H and O–H groups in total. The Morgan fingerprint density at radius 2 is 0.667 bits per heavy atom. The summed E-state index contributed by atoms with van der Waals surface area (Å²) in [5, 5.41) is 0. The topological polar surface area (TPSA) is 44.2 Å². The first-order valence-electron chi connectivity index (χ1n) is 17.2. The molecule has 0 fully saturated rings.